The van der Waals surface area contributed by atoms with Gasteiger partial charge >= 0.3 is 5.97 Å². The average Bonchev–Trinajstić information content (AvgIpc) is 2.78. The highest BCUT2D eigenvalue weighted by Gasteiger charge is 2.19. The zero-order chi connectivity index (χ0) is 17.7. The van der Waals surface area contributed by atoms with Gasteiger partial charge in [0, 0.05) is 18.8 Å². The molecule has 0 aliphatic rings. The Morgan fingerprint density at radius 1 is 1.38 bits per heavy atom. The fourth-order valence-corrected chi connectivity index (χ4v) is 2.35. The molecule has 0 unspecified atom stereocenters. The third-order valence-electron chi connectivity index (χ3n) is 3.13. The quantitative estimate of drug-likeness (QED) is 0.809. The number of nitrogens with one attached hydrogen (secondary N) is 1. The molecule has 7 nitrogen and oxygen atoms in total. The monoisotopic (exact) mass is 351 g/mol. The Morgan fingerprint density at radius 3 is 2.75 bits per heavy atom. The van der Waals surface area contributed by atoms with Crippen LogP contribution < -0.4 is 10.1 Å². The van der Waals surface area contributed by atoms with Crippen molar-refractivity contribution in [3.8, 4) is 5.75 Å². The number of carbonyl (C=O) groups is 2. The van der Waals surface area contributed by atoms with E-state index in [1.807, 2.05) is 0 Å². The molecule has 1 N–H and O–H groups in total. The lowest BCUT2D eigenvalue weighted by atomic mass is 10.2. The molecule has 0 saturated heterocycles. The molecule has 1 heterocycles. The summed E-state index contributed by atoms with van der Waals surface area (Å²) < 4.78 is 11.6. The summed E-state index contributed by atoms with van der Waals surface area (Å²) in [7, 11) is 1.66. The Balaban J connectivity index is 2.06. The van der Waals surface area contributed by atoms with Gasteiger partial charge in [0.15, 0.2) is 6.61 Å². The standard InChI is InChI=1S/C16H18ClN3O4/c1-4-23-13(21)9-24-12-7-5-6-11(8-12)18-16(22)14-10(2)19-20(3)15(14)17/h5-8H,4,9H2,1-3H3,(H,18,22). The van der Waals surface area contributed by atoms with E-state index in [1.165, 1.54) is 4.68 Å². The molecule has 1 amide bonds. The number of hydrogen-bond acceptors (Lipinski definition) is 5. The van der Waals surface area contributed by atoms with Crippen LogP contribution in [0.5, 0.6) is 5.75 Å². The zero-order valence-corrected chi connectivity index (χ0v) is 14.4. The summed E-state index contributed by atoms with van der Waals surface area (Å²) in [4.78, 5) is 23.7. The number of hydrogen-bond donors (Lipinski definition) is 1. The molecule has 0 aliphatic carbocycles. The molecule has 24 heavy (non-hydrogen) atoms. The van der Waals surface area contributed by atoms with Gasteiger partial charge in [-0.05, 0) is 26.0 Å². The van der Waals surface area contributed by atoms with E-state index in [9.17, 15) is 9.59 Å². The van der Waals surface area contributed by atoms with E-state index < -0.39 is 5.97 Å². The lowest BCUT2D eigenvalue weighted by Crippen LogP contribution is -2.15. The molecule has 2 rings (SSSR count). The summed E-state index contributed by atoms with van der Waals surface area (Å²) in [6.07, 6.45) is 0. The van der Waals surface area contributed by atoms with Crippen LogP contribution in [0, 0.1) is 6.92 Å². The summed E-state index contributed by atoms with van der Waals surface area (Å²) in [6, 6.07) is 6.69. The molecule has 1 aromatic heterocycles. The van der Waals surface area contributed by atoms with Crippen LogP contribution in [-0.4, -0.2) is 34.9 Å². The summed E-state index contributed by atoms with van der Waals surface area (Å²) in [6.45, 7) is 3.53. The summed E-state index contributed by atoms with van der Waals surface area (Å²) >= 11 is 6.08. The van der Waals surface area contributed by atoms with Gasteiger partial charge in [-0.2, -0.15) is 5.10 Å². The fraction of sp³-hybridized carbons (Fsp3) is 0.312. The predicted molar refractivity (Wildman–Crippen MR) is 89.5 cm³/mol. The molecular weight excluding hydrogens is 334 g/mol. The first-order valence-corrected chi connectivity index (χ1v) is 7.69. The van der Waals surface area contributed by atoms with Crippen molar-refractivity contribution in [1.29, 1.82) is 0 Å². The van der Waals surface area contributed by atoms with Crippen LogP contribution in [0.25, 0.3) is 0 Å². The van der Waals surface area contributed by atoms with Crippen molar-refractivity contribution >= 4 is 29.2 Å². The van der Waals surface area contributed by atoms with Gasteiger partial charge in [-0.15, -0.1) is 0 Å². The molecule has 0 saturated carbocycles. The van der Waals surface area contributed by atoms with Gasteiger partial charge in [0.2, 0.25) is 0 Å². The molecule has 0 spiro atoms. The van der Waals surface area contributed by atoms with E-state index in [2.05, 4.69) is 10.4 Å². The third kappa shape index (κ3) is 4.26. The number of nitrogens with zero attached hydrogens (tertiary/aromatic N) is 2. The van der Waals surface area contributed by atoms with Crippen molar-refractivity contribution in [3.05, 3.63) is 40.7 Å². The van der Waals surface area contributed by atoms with Crippen LogP contribution in [0.2, 0.25) is 5.15 Å². The van der Waals surface area contributed by atoms with Crippen molar-refractivity contribution in [1.82, 2.24) is 9.78 Å². The number of esters is 1. The van der Waals surface area contributed by atoms with E-state index in [0.717, 1.165) is 0 Å². The number of ether oxygens (including phenoxy) is 2. The predicted octanol–water partition coefficient (Wildman–Crippen LogP) is 2.58. The second-order valence-electron chi connectivity index (χ2n) is 4.95. The van der Waals surface area contributed by atoms with Crippen molar-refractivity contribution in [2.75, 3.05) is 18.5 Å². The summed E-state index contributed by atoms with van der Waals surface area (Å²) in [5.41, 5.74) is 1.37. The molecule has 2 aromatic rings. The van der Waals surface area contributed by atoms with Crippen molar-refractivity contribution < 1.29 is 19.1 Å². The molecule has 1 aromatic carbocycles. The van der Waals surface area contributed by atoms with Crippen molar-refractivity contribution in [3.63, 3.8) is 0 Å². The number of benzene rings is 1. The minimum atomic E-state index is -0.454. The first-order chi connectivity index (χ1) is 11.4. The number of aromatic nitrogens is 2. The van der Waals surface area contributed by atoms with E-state index in [1.54, 1.807) is 45.2 Å². The first kappa shape index (κ1) is 17.8. The largest absolute Gasteiger partial charge is 0.482 e. The van der Waals surface area contributed by atoms with Gasteiger partial charge in [0.25, 0.3) is 5.91 Å². The Kier molecular flexibility index (Phi) is 5.81. The molecule has 128 valence electrons. The van der Waals surface area contributed by atoms with E-state index in [0.29, 0.717) is 29.3 Å². The lowest BCUT2D eigenvalue weighted by Gasteiger charge is -2.09. The summed E-state index contributed by atoms with van der Waals surface area (Å²) in [5, 5.41) is 7.10. The minimum absolute atomic E-state index is 0.196. The van der Waals surface area contributed by atoms with Gasteiger partial charge in [-0.3, -0.25) is 9.48 Å². The highest BCUT2D eigenvalue weighted by atomic mass is 35.5. The fourth-order valence-electron chi connectivity index (χ4n) is 2.09. The molecule has 0 fully saturated rings. The highest BCUT2D eigenvalue weighted by Crippen LogP contribution is 2.22. The van der Waals surface area contributed by atoms with Gasteiger partial charge < -0.3 is 14.8 Å². The third-order valence-corrected chi connectivity index (χ3v) is 3.57. The van der Waals surface area contributed by atoms with Crippen LogP contribution in [0.4, 0.5) is 5.69 Å². The second kappa shape index (κ2) is 7.83. The normalized spacial score (nSPS) is 10.3. The number of amides is 1. The van der Waals surface area contributed by atoms with Gasteiger partial charge in [0.05, 0.1) is 17.9 Å². The smallest absolute Gasteiger partial charge is 0.344 e. The number of aryl methyl sites for hydroxylation is 2. The van der Waals surface area contributed by atoms with E-state index >= 15 is 0 Å². The number of halogens is 1. The van der Waals surface area contributed by atoms with Crippen LogP contribution in [0.15, 0.2) is 24.3 Å². The number of carbonyl (C=O) groups excluding carboxylic acids is 2. The van der Waals surface area contributed by atoms with Crippen molar-refractivity contribution in [2.45, 2.75) is 13.8 Å². The topological polar surface area (TPSA) is 82.4 Å². The maximum atomic E-state index is 12.4. The van der Waals surface area contributed by atoms with Gasteiger partial charge in [-0.25, -0.2) is 4.79 Å². The number of rotatable bonds is 6. The Bertz CT molecular complexity index is 758. The van der Waals surface area contributed by atoms with E-state index in [4.69, 9.17) is 21.1 Å². The average molecular weight is 352 g/mol. The Labute approximate surface area is 144 Å². The molecular formula is C16H18ClN3O4. The minimum Gasteiger partial charge on any atom is -0.482 e. The molecule has 0 atom stereocenters. The molecule has 0 bridgehead atoms. The summed E-state index contributed by atoms with van der Waals surface area (Å²) in [5.74, 6) is -0.382. The van der Waals surface area contributed by atoms with Gasteiger partial charge in [-0.1, -0.05) is 17.7 Å². The van der Waals surface area contributed by atoms with Crippen LogP contribution in [0.3, 0.4) is 0 Å². The Hall–Kier alpha value is -2.54. The van der Waals surface area contributed by atoms with Crippen LogP contribution in [0.1, 0.15) is 23.0 Å². The highest BCUT2D eigenvalue weighted by molar-refractivity contribution is 6.33. The maximum absolute atomic E-state index is 12.4. The number of anilines is 1. The zero-order valence-electron chi connectivity index (χ0n) is 13.6. The van der Waals surface area contributed by atoms with Crippen LogP contribution in [-0.2, 0) is 16.6 Å². The van der Waals surface area contributed by atoms with Crippen molar-refractivity contribution in [2.24, 2.45) is 7.05 Å². The van der Waals surface area contributed by atoms with Gasteiger partial charge in [0.1, 0.15) is 10.9 Å². The SMILES string of the molecule is CCOC(=O)COc1cccc(NC(=O)c2c(C)nn(C)c2Cl)c1. The molecule has 0 aliphatic heterocycles. The lowest BCUT2D eigenvalue weighted by molar-refractivity contribution is -0.145. The second-order valence-corrected chi connectivity index (χ2v) is 5.31. The first-order valence-electron chi connectivity index (χ1n) is 7.31. The maximum Gasteiger partial charge on any atom is 0.344 e. The van der Waals surface area contributed by atoms with Crippen LogP contribution >= 0.6 is 11.6 Å². The molecule has 8 heteroatoms. The molecule has 0 radical (unpaired) electrons. The Morgan fingerprint density at radius 2 is 2.12 bits per heavy atom. The van der Waals surface area contributed by atoms with E-state index in [-0.39, 0.29) is 17.7 Å².